The second-order valence-electron chi connectivity index (χ2n) is 6.20. The lowest BCUT2D eigenvalue weighted by Gasteiger charge is -2.22. The molecule has 0 atom stereocenters. The Morgan fingerprint density at radius 1 is 1.24 bits per heavy atom. The molecule has 0 unspecified atom stereocenters. The predicted octanol–water partition coefficient (Wildman–Crippen LogP) is 0.786. The minimum absolute atomic E-state index is 0.0142. The fourth-order valence-corrected chi connectivity index (χ4v) is 3.68. The molecule has 0 heterocycles. The lowest BCUT2D eigenvalue weighted by Crippen LogP contribution is -2.44. The Morgan fingerprint density at radius 3 is 2.33 bits per heavy atom. The van der Waals surface area contributed by atoms with Gasteiger partial charge in [0.25, 0.3) is 0 Å². The molecule has 7 heteroatoms. The van der Waals surface area contributed by atoms with Crippen LogP contribution in [0.15, 0.2) is 23.1 Å². The highest BCUT2D eigenvalue weighted by molar-refractivity contribution is 7.89. The molecule has 0 spiro atoms. The SMILES string of the molecule is CCCCc1ccc(S(=O)(=O)NC(C)(C)C)c(B(O)O)c1. The molecule has 0 saturated carbocycles. The Bertz CT molecular complexity index is 579. The number of sulfonamides is 1. The summed E-state index contributed by atoms with van der Waals surface area (Å²) in [7, 11) is -5.62. The van der Waals surface area contributed by atoms with E-state index in [-0.39, 0.29) is 10.4 Å². The minimum atomic E-state index is -3.80. The molecule has 21 heavy (non-hydrogen) atoms. The molecule has 1 aromatic rings. The van der Waals surface area contributed by atoms with E-state index in [2.05, 4.69) is 11.6 Å². The second kappa shape index (κ2) is 6.92. The van der Waals surface area contributed by atoms with Crippen molar-refractivity contribution in [2.75, 3.05) is 0 Å². The molecule has 0 radical (unpaired) electrons. The summed E-state index contributed by atoms with van der Waals surface area (Å²) in [5.41, 5.74) is 0.271. The summed E-state index contributed by atoms with van der Waals surface area (Å²) in [5.74, 6) is 0. The summed E-state index contributed by atoms with van der Waals surface area (Å²) in [6.45, 7) is 7.26. The van der Waals surface area contributed by atoms with Gasteiger partial charge in [0, 0.05) is 11.0 Å². The highest BCUT2D eigenvalue weighted by Crippen LogP contribution is 2.14. The van der Waals surface area contributed by atoms with Crippen LogP contribution in [0.5, 0.6) is 0 Å². The number of aryl methyl sites for hydroxylation is 1. The molecule has 0 aliphatic heterocycles. The number of hydrogen-bond donors (Lipinski definition) is 3. The van der Waals surface area contributed by atoms with E-state index in [0.717, 1.165) is 24.8 Å². The van der Waals surface area contributed by atoms with Crippen LogP contribution in [0.4, 0.5) is 0 Å². The Kier molecular flexibility index (Phi) is 5.98. The maximum atomic E-state index is 12.4. The number of unbranched alkanes of at least 4 members (excludes halogenated alkanes) is 1. The lowest BCUT2D eigenvalue weighted by molar-refractivity contribution is 0.424. The molecule has 1 rings (SSSR count). The average Bonchev–Trinajstić information content (AvgIpc) is 2.33. The first-order valence-electron chi connectivity index (χ1n) is 7.10. The summed E-state index contributed by atoms with van der Waals surface area (Å²) < 4.78 is 27.2. The molecule has 0 fully saturated rings. The van der Waals surface area contributed by atoms with Gasteiger partial charge >= 0.3 is 7.12 Å². The second-order valence-corrected chi connectivity index (χ2v) is 7.86. The van der Waals surface area contributed by atoms with E-state index >= 15 is 0 Å². The quantitative estimate of drug-likeness (QED) is 0.678. The Labute approximate surface area is 127 Å². The van der Waals surface area contributed by atoms with E-state index in [1.807, 2.05) is 0 Å². The Hall–Kier alpha value is -0.885. The zero-order valence-corrected chi connectivity index (χ0v) is 13.9. The van der Waals surface area contributed by atoms with Crippen molar-refractivity contribution in [3.63, 3.8) is 0 Å². The number of benzene rings is 1. The summed E-state index contributed by atoms with van der Waals surface area (Å²) in [5, 5.41) is 19.0. The van der Waals surface area contributed by atoms with Crippen LogP contribution >= 0.6 is 0 Å². The summed E-state index contributed by atoms with van der Waals surface area (Å²) in [4.78, 5) is -0.0901. The third kappa shape index (κ3) is 5.43. The molecule has 0 bridgehead atoms. The summed E-state index contributed by atoms with van der Waals surface area (Å²) in [6, 6.07) is 4.71. The van der Waals surface area contributed by atoms with Crippen molar-refractivity contribution in [1.29, 1.82) is 0 Å². The van der Waals surface area contributed by atoms with Crippen LogP contribution in [0.3, 0.4) is 0 Å². The van der Waals surface area contributed by atoms with E-state index < -0.39 is 22.7 Å². The third-order valence-corrected chi connectivity index (χ3v) is 4.73. The monoisotopic (exact) mass is 313 g/mol. The third-order valence-electron chi connectivity index (χ3n) is 2.90. The molecule has 0 saturated heterocycles. The lowest BCUT2D eigenvalue weighted by atomic mass is 9.79. The Balaban J connectivity index is 3.23. The van der Waals surface area contributed by atoms with Crippen molar-refractivity contribution < 1.29 is 18.5 Å². The molecule has 1 aromatic carbocycles. The van der Waals surface area contributed by atoms with E-state index in [4.69, 9.17) is 0 Å². The van der Waals surface area contributed by atoms with Gasteiger partial charge in [-0.15, -0.1) is 0 Å². The zero-order valence-electron chi connectivity index (χ0n) is 13.0. The fourth-order valence-electron chi connectivity index (χ4n) is 2.04. The molecule has 3 N–H and O–H groups in total. The molecule has 0 aromatic heterocycles. The van der Waals surface area contributed by atoms with E-state index in [1.54, 1.807) is 32.9 Å². The molecule has 0 aliphatic rings. The first-order valence-corrected chi connectivity index (χ1v) is 8.58. The number of nitrogens with one attached hydrogen (secondary N) is 1. The van der Waals surface area contributed by atoms with Gasteiger partial charge in [-0.25, -0.2) is 13.1 Å². The van der Waals surface area contributed by atoms with Crippen LogP contribution in [0.25, 0.3) is 0 Å². The summed E-state index contributed by atoms with van der Waals surface area (Å²) >= 11 is 0. The van der Waals surface area contributed by atoms with Crippen molar-refractivity contribution >= 4 is 22.6 Å². The van der Waals surface area contributed by atoms with Gasteiger partial charge < -0.3 is 10.0 Å². The largest absolute Gasteiger partial charge is 0.489 e. The van der Waals surface area contributed by atoms with Crippen molar-refractivity contribution in [2.45, 2.75) is 57.4 Å². The van der Waals surface area contributed by atoms with Gasteiger partial charge in [0.05, 0.1) is 4.90 Å². The minimum Gasteiger partial charge on any atom is -0.423 e. The number of rotatable bonds is 6. The molecule has 0 aliphatic carbocycles. The van der Waals surface area contributed by atoms with Crippen LogP contribution in [0, 0.1) is 0 Å². The van der Waals surface area contributed by atoms with Crippen LogP contribution in [-0.2, 0) is 16.4 Å². The Morgan fingerprint density at radius 2 is 1.86 bits per heavy atom. The van der Waals surface area contributed by atoms with Gasteiger partial charge in [-0.1, -0.05) is 25.5 Å². The molecular weight excluding hydrogens is 289 g/mol. The van der Waals surface area contributed by atoms with Crippen LogP contribution in [0.2, 0.25) is 0 Å². The van der Waals surface area contributed by atoms with Gasteiger partial charge in [0.1, 0.15) is 0 Å². The number of hydrogen-bond acceptors (Lipinski definition) is 4. The van der Waals surface area contributed by atoms with Gasteiger partial charge in [0.15, 0.2) is 0 Å². The van der Waals surface area contributed by atoms with Gasteiger partial charge in [-0.3, -0.25) is 0 Å². The molecule has 5 nitrogen and oxygen atoms in total. The maximum absolute atomic E-state index is 12.4. The van der Waals surface area contributed by atoms with Crippen LogP contribution in [-0.4, -0.2) is 31.1 Å². The topological polar surface area (TPSA) is 86.6 Å². The highest BCUT2D eigenvalue weighted by atomic mass is 32.2. The van der Waals surface area contributed by atoms with Crippen LogP contribution in [0.1, 0.15) is 46.1 Å². The van der Waals surface area contributed by atoms with E-state index in [0.29, 0.717) is 0 Å². The van der Waals surface area contributed by atoms with E-state index in [1.165, 1.54) is 6.07 Å². The molecule has 118 valence electrons. The van der Waals surface area contributed by atoms with Gasteiger partial charge in [-0.2, -0.15) is 0 Å². The predicted molar refractivity (Wildman–Crippen MR) is 85.0 cm³/mol. The summed E-state index contributed by atoms with van der Waals surface area (Å²) in [6.07, 6.45) is 2.76. The zero-order chi connectivity index (χ0) is 16.3. The smallest absolute Gasteiger partial charge is 0.423 e. The van der Waals surface area contributed by atoms with Crippen LogP contribution < -0.4 is 10.2 Å². The maximum Gasteiger partial charge on any atom is 0.489 e. The highest BCUT2D eigenvalue weighted by Gasteiger charge is 2.28. The standard InChI is InChI=1S/C14H24BNO4S/c1-5-6-7-11-8-9-13(12(10-11)15(17)18)21(19,20)16-14(2,3)4/h8-10,16-18H,5-7H2,1-4H3. The molecule has 0 amide bonds. The van der Waals surface area contributed by atoms with Gasteiger partial charge in [0.2, 0.25) is 10.0 Å². The normalized spacial score (nSPS) is 12.5. The first-order chi connectivity index (χ1) is 9.57. The average molecular weight is 313 g/mol. The van der Waals surface area contributed by atoms with Crippen molar-refractivity contribution in [3.05, 3.63) is 23.8 Å². The fraction of sp³-hybridized carbons (Fsp3) is 0.571. The van der Waals surface area contributed by atoms with Crippen molar-refractivity contribution in [2.24, 2.45) is 0 Å². The van der Waals surface area contributed by atoms with Gasteiger partial charge in [-0.05, 0) is 45.2 Å². The first kappa shape index (κ1) is 18.2. The molecular formula is C14H24BNO4S. The van der Waals surface area contributed by atoms with E-state index in [9.17, 15) is 18.5 Å². The van der Waals surface area contributed by atoms with Crippen molar-refractivity contribution in [1.82, 2.24) is 4.72 Å². The van der Waals surface area contributed by atoms with Crippen molar-refractivity contribution in [3.8, 4) is 0 Å².